The van der Waals surface area contributed by atoms with Gasteiger partial charge in [-0.1, -0.05) is 15.9 Å². The lowest BCUT2D eigenvalue weighted by Crippen LogP contribution is -2.32. The maximum Gasteiger partial charge on any atom is 0.260 e. The van der Waals surface area contributed by atoms with E-state index in [2.05, 4.69) is 15.9 Å². The van der Waals surface area contributed by atoms with E-state index in [9.17, 15) is 4.79 Å². The zero-order valence-electron chi connectivity index (χ0n) is 11.1. The van der Waals surface area contributed by atoms with Crippen LogP contribution in [-0.2, 0) is 11.3 Å². The molecule has 1 aliphatic heterocycles. The summed E-state index contributed by atoms with van der Waals surface area (Å²) in [6, 6.07) is 3.90. The summed E-state index contributed by atoms with van der Waals surface area (Å²) in [6.45, 7) is 4.15. The molecule has 1 saturated heterocycles. The first-order chi connectivity index (χ1) is 9.11. The molecular weight excluding hydrogens is 308 g/mol. The maximum absolute atomic E-state index is 12.0. The summed E-state index contributed by atoms with van der Waals surface area (Å²) < 4.78 is 6.67. The number of carbonyl (C=O) groups excluding carboxylic acids is 1. The molecule has 0 saturated carbocycles. The van der Waals surface area contributed by atoms with Crippen LogP contribution in [0, 0.1) is 6.92 Å². The predicted octanol–water partition coefficient (Wildman–Crippen LogP) is 2.22. The molecule has 2 N–H and O–H groups in total. The highest BCUT2D eigenvalue weighted by Crippen LogP contribution is 2.27. The van der Waals surface area contributed by atoms with Gasteiger partial charge in [0.2, 0.25) is 0 Å². The number of nitrogens with zero attached hydrogens (tertiary/aromatic N) is 1. The van der Waals surface area contributed by atoms with E-state index in [-0.39, 0.29) is 12.5 Å². The highest BCUT2D eigenvalue weighted by molar-refractivity contribution is 9.10. The number of amides is 1. The number of nitrogens with two attached hydrogens (primary N) is 1. The van der Waals surface area contributed by atoms with Crippen molar-refractivity contribution in [1.29, 1.82) is 0 Å². The van der Waals surface area contributed by atoms with E-state index < -0.39 is 0 Å². The second-order valence-electron chi connectivity index (χ2n) is 4.79. The van der Waals surface area contributed by atoms with E-state index in [4.69, 9.17) is 10.5 Å². The van der Waals surface area contributed by atoms with Crippen LogP contribution in [0.1, 0.15) is 24.0 Å². The van der Waals surface area contributed by atoms with Gasteiger partial charge >= 0.3 is 0 Å². The fraction of sp³-hybridized carbons (Fsp3) is 0.500. The first-order valence-electron chi connectivity index (χ1n) is 6.51. The average molecular weight is 327 g/mol. The van der Waals surface area contributed by atoms with Crippen molar-refractivity contribution in [2.45, 2.75) is 26.3 Å². The lowest BCUT2D eigenvalue weighted by atomic mass is 10.1. The number of rotatable bonds is 4. The van der Waals surface area contributed by atoms with E-state index in [1.54, 1.807) is 0 Å². The molecule has 0 atom stereocenters. The fourth-order valence-corrected chi connectivity index (χ4v) is 2.97. The molecular formula is C14H19BrN2O2. The Bertz CT molecular complexity index is 471. The molecule has 0 unspecified atom stereocenters. The van der Waals surface area contributed by atoms with Crippen molar-refractivity contribution in [3.05, 3.63) is 27.7 Å². The molecule has 19 heavy (non-hydrogen) atoms. The van der Waals surface area contributed by atoms with Gasteiger partial charge < -0.3 is 15.4 Å². The van der Waals surface area contributed by atoms with Gasteiger partial charge in [-0.15, -0.1) is 0 Å². The van der Waals surface area contributed by atoms with Gasteiger partial charge in [-0.2, -0.15) is 0 Å². The molecule has 4 nitrogen and oxygen atoms in total. The van der Waals surface area contributed by atoms with Gasteiger partial charge in [0, 0.05) is 29.7 Å². The summed E-state index contributed by atoms with van der Waals surface area (Å²) >= 11 is 3.44. The van der Waals surface area contributed by atoms with Crippen molar-refractivity contribution in [2.24, 2.45) is 5.73 Å². The lowest BCUT2D eigenvalue weighted by Gasteiger charge is -2.18. The van der Waals surface area contributed by atoms with Crippen LogP contribution in [0.4, 0.5) is 0 Å². The van der Waals surface area contributed by atoms with Crippen LogP contribution in [0.5, 0.6) is 5.75 Å². The molecule has 0 aromatic heterocycles. The Morgan fingerprint density at radius 2 is 2.11 bits per heavy atom. The molecule has 1 amide bonds. The van der Waals surface area contributed by atoms with Crippen LogP contribution < -0.4 is 10.5 Å². The Labute approximate surface area is 122 Å². The van der Waals surface area contributed by atoms with Gasteiger partial charge in [-0.3, -0.25) is 4.79 Å². The number of ether oxygens (including phenoxy) is 1. The Morgan fingerprint density at radius 3 is 2.74 bits per heavy atom. The first kappa shape index (κ1) is 14.3. The molecule has 0 aliphatic carbocycles. The zero-order chi connectivity index (χ0) is 13.8. The van der Waals surface area contributed by atoms with E-state index in [0.29, 0.717) is 6.54 Å². The number of aryl methyl sites for hydroxylation is 1. The maximum atomic E-state index is 12.0. The predicted molar refractivity (Wildman–Crippen MR) is 78.1 cm³/mol. The number of carbonyl (C=O) groups is 1. The molecule has 0 radical (unpaired) electrons. The minimum atomic E-state index is 0.0581. The molecule has 1 aliphatic rings. The topological polar surface area (TPSA) is 55.6 Å². The molecule has 1 heterocycles. The third-order valence-electron chi connectivity index (χ3n) is 3.33. The van der Waals surface area contributed by atoms with E-state index in [1.807, 2.05) is 24.0 Å². The monoisotopic (exact) mass is 326 g/mol. The van der Waals surface area contributed by atoms with Crippen LogP contribution >= 0.6 is 15.9 Å². The highest BCUT2D eigenvalue weighted by atomic mass is 79.9. The molecule has 5 heteroatoms. The van der Waals surface area contributed by atoms with Crippen LogP contribution in [-0.4, -0.2) is 30.5 Å². The minimum absolute atomic E-state index is 0.0581. The Morgan fingerprint density at radius 1 is 1.42 bits per heavy atom. The molecule has 0 bridgehead atoms. The number of hydrogen-bond donors (Lipinski definition) is 1. The summed E-state index contributed by atoms with van der Waals surface area (Å²) in [6.07, 6.45) is 2.19. The summed E-state index contributed by atoms with van der Waals surface area (Å²) in [5.74, 6) is 0.793. The standard InChI is InChI=1S/C14H19BrN2O2/c1-10-6-12(15)7-11(8-16)14(10)19-9-13(18)17-4-2-3-5-17/h6-7H,2-5,8-9,16H2,1H3. The lowest BCUT2D eigenvalue weighted by molar-refractivity contribution is -0.132. The highest BCUT2D eigenvalue weighted by Gasteiger charge is 2.19. The van der Waals surface area contributed by atoms with Gasteiger partial charge in [-0.25, -0.2) is 0 Å². The quantitative estimate of drug-likeness (QED) is 0.923. The number of likely N-dealkylation sites (tertiary alicyclic amines) is 1. The zero-order valence-corrected chi connectivity index (χ0v) is 12.7. The summed E-state index contributed by atoms with van der Waals surface area (Å²) in [7, 11) is 0. The van der Waals surface area contributed by atoms with Crippen molar-refractivity contribution in [3.8, 4) is 5.75 Å². The largest absolute Gasteiger partial charge is 0.483 e. The minimum Gasteiger partial charge on any atom is -0.483 e. The van der Waals surface area contributed by atoms with Crippen molar-refractivity contribution in [3.63, 3.8) is 0 Å². The third kappa shape index (κ3) is 3.48. The van der Waals surface area contributed by atoms with Crippen LogP contribution in [0.15, 0.2) is 16.6 Å². The van der Waals surface area contributed by atoms with Gasteiger partial charge in [0.05, 0.1) is 0 Å². The molecule has 0 spiro atoms. The summed E-state index contributed by atoms with van der Waals surface area (Å²) in [5, 5.41) is 0. The average Bonchev–Trinajstić information content (AvgIpc) is 2.90. The van der Waals surface area contributed by atoms with Gasteiger partial charge in [0.1, 0.15) is 5.75 Å². The van der Waals surface area contributed by atoms with Gasteiger partial charge in [0.25, 0.3) is 5.91 Å². The molecule has 1 fully saturated rings. The summed E-state index contributed by atoms with van der Waals surface area (Å²) in [4.78, 5) is 13.8. The van der Waals surface area contributed by atoms with Crippen LogP contribution in [0.2, 0.25) is 0 Å². The molecule has 1 aromatic carbocycles. The normalized spacial score (nSPS) is 14.8. The fourth-order valence-electron chi connectivity index (χ4n) is 2.35. The number of halogens is 1. The number of hydrogen-bond acceptors (Lipinski definition) is 3. The van der Waals surface area contributed by atoms with Crippen molar-refractivity contribution in [2.75, 3.05) is 19.7 Å². The summed E-state index contributed by atoms with van der Waals surface area (Å²) in [5.41, 5.74) is 7.63. The van der Waals surface area contributed by atoms with Crippen molar-refractivity contribution in [1.82, 2.24) is 4.90 Å². The Balaban J connectivity index is 2.04. The Hall–Kier alpha value is -1.07. The van der Waals surface area contributed by atoms with Crippen LogP contribution in [0.25, 0.3) is 0 Å². The molecule has 2 rings (SSSR count). The van der Waals surface area contributed by atoms with E-state index >= 15 is 0 Å². The third-order valence-corrected chi connectivity index (χ3v) is 3.79. The molecule has 1 aromatic rings. The second-order valence-corrected chi connectivity index (χ2v) is 5.71. The smallest absolute Gasteiger partial charge is 0.260 e. The first-order valence-corrected chi connectivity index (χ1v) is 7.31. The number of benzene rings is 1. The van der Waals surface area contributed by atoms with Gasteiger partial charge in [-0.05, 0) is 37.5 Å². The SMILES string of the molecule is Cc1cc(Br)cc(CN)c1OCC(=O)N1CCCC1. The van der Waals surface area contributed by atoms with Crippen molar-refractivity contribution < 1.29 is 9.53 Å². The van der Waals surface area contributed by atoms with Gasteiger partial charge in [0.15, 0.2) is 6.61 Å². The van der Waals surface area contributed by atoms with E-state index in [0.717, 1.165) is 47.3 Å². The van der Waals surface area contributed by atoms with Crippen LogP contribution in [0.3, 0.4) is 0 Å². The Kier molecular flexibility index (Phi) is 4.82. The second kappa shape index (κ2) is 6.39. The van der Waals surface area contributed by atoms with E-state index in [1.165, 1.54) is 0 Å². The van der Waals surface area contributed by atoms with Crippen molar-refractivity contribution >= 4 is 21.8 Å². The molecule has 104 valence electrons.